The Morgan fingerprint density at radius 1 is 1.43 bits per heavy atom. The van der Waals surface area contributed by atoms with Crippen LogP contribution in [0.25, 0.3) is 11.4 Å². The van der Waals surface area contributed by atoms with Gasteiger partial charge in [-0.2, -0.15) is 0 Å². The lowest BCUT2D eigenvalue weighted by Gasteiger charge is -2.16. The van der Waals surface area contributed by atoms with E-state index in [4.69, 9.17) is 5.11 Å². The second-order valence-electron chi connectivity index (χ2n) is 5.00. The number of tetrazole rings is 1. The maximum atomic E-state index is 11.0. The van der Waals surface area contributed by atoms with Gasteiger partial charge in [0.25, 0.3) is 0 Å². The highest BCUT2D eigenvalue weighted by atomic mass is 79.9. The molecule has 0 bridgehead atoms. The average molecular weight is 353 g/mol. The molecule has 0 amide bonds. The van der Waals surface area contributed by atoms with E-state index in [9.17, 15) is 4.79 Å². The van der Waals surface area contributed by atoms with Crippen LogP contribution < -0.4 is 0 Å². The third-order valence-corrected chi connectivity index (χ3v) is 3.63. The van der Waals surface area contributed by atoms with E-state index in [0.29, 0.717) is 5.82 Å². The van der Waals surface area contributed by atoms with Gasteiger partial charge in [-0.05, 0) is 47.5 Å². The Bertz CT molecular complexity index is 621. The lowest BCUT2D eigenvalue weighted by atomic mass is 10.1. The summed E-state index contributed by atoms with van der Waals surface area (Å²) in [5, 5.41) is 20.9. The number of hydrogen-bond donors (Lipinski definition) is 1. The van der Waals surface area contributed by atoms with Crippen LogP contribution in [0.15, 0.2) is 22.7 Å². The lowest BCUT2D eigenvalue weighted by Crippen LogP contribution is -2.16. The number of halogens is 1. The quantitative estimate of drug-likeness (QED) is 0.862. The van der Waals surface area contributed by atoms with Gasteiger partial charge >= 0.3 is 5.97 Å². The standard InChI is InChI=1S/C14H17BrN4O2/c1-3-4-12(8-13(20)21)19-14(16-17-18-19)10-5-9(2)6-11(15)7-10/h5-7,12H,3-4,8H2,1-2H3,(H,20,21). The summed E-state index contributed by atoms with van der Waals surface area (Å²) in [5.41, 5.74) is 1.96. The van der Waals surface area contributed by atoms with Crippen LogP contribution in [0.1, 0.15) is 37.8 Å². The Morgan fingerprint density at radius 2 is 2.19 bits per heavy atom. The molecule has 1 heterocycles. The molecule has 0 radical (unpaired) electrons. The van der Waals surface area contributed by atoms with Crippen molar-refractivity contribution in [3.63, 3.8) is 0 Å². The fourth-order valence-corrected chi connectivity index (χ4v) is 2.95. The molecular weight excluding hydrogens is 336 g/mol. The van der Waals surface area contributed by atoms with E-state index < -0.39 is 5.97 Å². The molecule has 0 aliphatic heterocycles. The van der Waals surface area contributed by atoms with Crippen molar-refractivity contribution in [2.24, 2.45) is 0 Å². The van der Waals surface area contributed by atoms with Crippen molar-refractivity contribution in [3.05, 3.63) is 28.2 Å². The highest BCUT2D eigenvalue weighted by Crippen LogP contribution is 2.27. The van der Waals surface area contributed by atoms with Crippen molar-refractivity contribution in [1.82, 2.24) is 20.2 Å². The molecule has 2 aromatic rings. The van der Waals surface area contributed by atoms with Crippen LogP contribution in [0.5, 0.6) is 0 Å². The normalized spacial score (nSPS) is 12.3. The summed E-state index contributed by atoms with van der Waals surface area (Å²) < 4.78 is 2.57. The summed E-state index contributed by atoms with van der Waals surface area (Å²) in [7, 11) is 0. The molecule has 6 nitrogen and oxygen atoms in total. The molecule has 112 valence electrons. The van der Waals surface area contributed by atoms with Gasteiger partial charge < -0.3 is 5.11 Å². The molecule has 1 aromatic carbocycles. The number of carbonyl (C=O) groups is 1. The summed E-state index contributed by atoms with van der Waals surface area (Å²) in [4.78, 5) is 11.0. The SMILES string of the molecule is CCCC(CC(=O)O)n1nnnc1-c1cc(C)cc(Br)c1. The van der Waals surface area contributed by atoms with Gasteiger partial charge in [-0.15, -0.1) is 5.10 Å². The molecular formula is C14H17BrN4O2. The number of benzene rings is 1. The lowest BCUT2D eigenvalue weighted by molar-refractivity contribution is -0.138. The van der Waals surface area contributed by atoms with E-state index in [1.807, 2.05) is 32.0 Å². The van der Waals surface area contributed by atoms with Crippen molar-refractivity contribution >= 4 is 21.9 Å². The minimum atomic E-state index is -0.847. The van der Waals surface area contributed by atoms with Gasteiger partial charge in [-0.25, -0.2) is 4.68 Å². The number of nitrogens with zero attached hydrogens (tertiary/aromatic N) is 4. The zero-order valence-electron chi connectivity index (χ0n) is 12.0. The van der Waals surface area contributed by atoms with Gasteiger partial charge in [-0.1, -0.05) is 29.3 Å². The average Bonchev–Trinajstić information content (AvgIpc) is 2.85. The summed E-state index contributed by atoms with van der Waals surface area (Å²) in [6.07, 6.45) is 1.60. The molecule has 2 rings (SSSR count). The topological polar surface area (TPSA) is 80.9 Å². The monoisotopic (exact) mass is 352 g/mol. The number of rotatable bonds is 6. The van der Waals surface area contributed by atoms with Gasteiger partial charge in [0.1, 0.15) is 0 Å². The predicted octanol–water partition coefficient (Wildman–Crippen LogP) is 3.23. The van der Waals surface area contributed by atoms with Crippen molar-refractivity contribution in [1.29, 1.82) is 0 Å². The Labute approximate surface area is 131 Å². The molecule has 0 fully saturated rings. The van der Waals surface area contributed by atoms with Gasteiger partial charge in [0.2, 0.25) is 0 Å². The van der Waals surface area contributed by atoms with Crippen molar-refractivity contribution in [3.8, 4) is 11.4 Å². The number of aryl methyl sites for hydroxylation is 1. The second kappa shape index (κ2) is 6.80. The minimum absolute atomic E-state index is 0.0128. The number of hydrogen-bond acceptors (Lipinski definition) is 4. The van der Waals surface area contributed by atoms with Crippen LogP contribution >= 0.6 is 15.9 Å². The third kappa shape index (κ3) is 3.87. The molecule has 1 unspecified atom stereocenters. The molecule has 0 aliphatic carbocycles. The zero-order chi connectivity index (χ0) is 15.4. The van der Waals surface area contributed by atoms with Crippen LogP contribution in [-0.2, 0) is 4.79 Å². The van der Waals surface area contributed by atoms with Gasteiger partial charge in [-0.3, -0.25) is 4.79 Å². The summed E-state index contributed by atoms with van der Waals surface area (Å²) in [5.74, 6) is -0.251. The number of aromatic nitrogens is 4. The van der Waals surface area contributed by atoms with E-state index in [1.165, 1.54) is 0 Å². The molecule has 0 saturated carbocycles. The molecule has 1 N–H and O–H groups in total. The van der Waals surface area contributed by atoms with Gasteiger partial charge in [0, 0.05) is 10.0 Å². The maximum absolute atomic E-state index is 11.0. The van der Waals surface area contributed by atoms with Crippen molar-refractivity contribution in [2.45, 2.75) is 39.2 Å². The Hall–Kier alpha value is -1.76. The van der Waals surface area contributed by atoms with Crippen LogP contribution in [0.2, 0.25) is 0 Å². The molecule has 1 aromatic heterocycles. The van der Waals surface area contributed by atoms with Crippen LogP contribution in [0, 0.1) is 6.92 Å². The fraction of sp³-hybridized carbons (Fsp3) is 0.429. The summed E-state index contributed by atoms with van der Waals surface area (Å²) in [6.45, 7) is 4.01. The first-order valence-electron chi connectivity index (χ1n) is 6.78. The predicted molar refractivity (Wildman–Crippen MR) is 81.9 cm³/mol. The summed E-state index contributed by atoms with van der Waals surface area (Å²) >= 11 is 3.46. The molecule has 0 saturated heterocycles. The molecule has 21 heavy (non-hydrogen) atoms. The van der Waals surface area contributed by atoms with E-state index in [2.05, 4.69) is 31.5 Å². The molecule has 7 heteroatoms. The number of aliphatic carboxylic acids is 1. The second-order valence-corrected chi connectivity index (χ2v) is 5.92. The smallest absolute Gasteiger partial charge is 0.305 e. The largest absolute Gasteiger partial charge is 0.481 e. The molecule has 0 aliphatic rings. The third-order valence-electron chi connectivity index (χ3n) is 3.17. The van der Waals surface area contributed by atoms with Crippen molar-refractivity contribution in [2.75, 3.05) is 0 Å². The molecule has 1 atom stereocenters. The summed E-state index contributed by atoms with van der Waals surface area (Å²) in [6, 6.07) is 5.67. The van der Waals surface area contributed by atoms with Gasteiger partial charge in [0.05, 0.1) is 12.5 Å². The Kier molecular flexibility index (Phi) is 5.06. The molecule has 0 spiro atoms. The number of carboxylic acids is 1. The first-order valence-corrected chi connectivity index (χ1v) is 7.57. The van der Waals surface area contributed by atoms with E-state index in [1.54, 1.807) is 4.68 Å². The zero-order valence-corrected chi connectivity index (χ0v) is 13.5. The van der Waals surface area contributed by atoms with E-state index >= 15 is 0 Å². The van der Waals surface area contributed by atoms with Gasteiger partial charge in [0.15, 0.2) is 5.82 Å². The fourth-order valence-electron chi connectivity index (χ4n) is 2.34. The van der Waals surface area contributed by atoms with E-state index in [-0.39, 0.29) is 12.5 Å². The van der Waals surface area contributed by atoms with Crippen LogP contribution in [-0.4, -0.2) is 31.3 Å². The number of carboxylic acid groups (broad SMARTS) is 1. The van der Waals surface area contributed by atoms with Crippen LogP contribution in [0.4, 0.5) is 0 Å². The highest BCUT2D eigenvalue weighted by Gasteiger charge is 2.20. The highest BCUT2D eigenvalue weighted by molar-refractivity contribution is 9.10. The minimum Gasteiger partial charge on any atom is -0.481 e. The maximum Gasteiger partial charge on any atom is 0.305 e. The van der Waals surface area contributed by atoms with Crippen molar-refractivity contribution < 1.29 is 9.90 Å². The first-order chi connectivity index (χ1) is 10.0. The Morgan fingerprint density at radius 3 is 2.81 bits per heavy atom. The van der Waals surface area contributed by atoms with E-state index in [0.717, 1.165) is 28.4 Å². The van der Waals surface area contributed by atoms with Crippen LogP contribution in [0.3, 0.4) is 0 Å². The first kappa shape index (κ1) is 15.6. The Balaban J connectivity index is 2.42.